The Labute approximate surface area is 105 Å². The lowest BCUT2D eigenvalue weighted by atomic mass is 9.88. The fraction of sp³-hybridized carbons (Fsp3) is 0.600. The smallest absolute Gasteiger partial charge is 0.119 e. The van der Waals surface area contributed by atoms with Crippen molar-refractivity contribution in [2.24, 2.45) is 5.92 Å². The molecule has 0 saturated heterocycles. The minimum Gasteiger partial charge on any atom is -0.493 e. The van der Waals surface area contributed by atoms with Crippen LogP contribution in [-0.4, -0.2) is 11.7 Å². The van der Waals surface area contributed by atoms with E-state index in [0.717, 1.165) is 24.2 Å². The van der Waals surface area contributed by atoms with Gasteiger partial charge < -0.3 is 9.84 Å². The summed E-state index contributed by atoms with van der Waals surface area (Å²) in [6.07, 6.45) is 1.44. The molecule has 17 heavy (non-hydrogen) atoms. The Morgan fingerprint density at radius 2 is 1.88 bits per heavy atom. The summed E-state index contributed by atoms with van der Waals surface area (Å²) >= 11 is 0. The van der Waals surface area contributed by atoms with Gasteiger partial charge in [-0.05, 0) is 36.5 Å². The van der Waals surface area contributed by atoms with Gasteiger partial charge in [0.2, 0.25) is 0 Å². The van der Waals surface area contributed by atoms with Gasteiger partial charge in [0.15, 0.2) is 0 Å². The lowest BCUT2D eigenvalue weighted by molar-refractivity contribution is 0.0281. The minimum atomic E-state index is -0.725. The molecule has 0 aliphatic heterocycles. The van der Waals surface area contributed by atoms with Gasteiger partial charge in [0, 0.05) is 0 Å². The van der Waals surface area contributed by atoms with Gasteiger partial charge in [-0.25, -0.2) is 0 Å². The van der Waals surface area contributed by atoms with E-state index in [4.69, 9.17) is 4.74 Å². The molecule has 1 aromatic rings. The van der Waals surface area contributed by atoms with Crippen LogP contribution in [-0.2, 0) is 5.60 Å². The Bertz CT molecular complexity index is 341. The number of rotatable bonds is 6. The monoisotopic (exact) mass is 236 g/mol. The van der Waals surface area contributed by atoms with Crippen molar-refractivity contribution >= 4 is 0 Å². The summed E-state index contributed by atoms with van der Waals surface area (Å²) in [6.45, 7) is 8.97. The average molecular weight is 236 g/mol. The third kappa shape index (κ3) is 3.74. The molecule has 0 aromatic heterocycles. The van der Waals surface area contributed by atoms with Crippen molar-refractivity contribution in [3.05, 3.63) is 29.8 Å². The first kappa shape index (κ1) is 14.0. The van der Waals surface area contributed by atoms with Crippen LogP contribution in [0.25, 0.3) is 0 Å². The first-order chi connectivity index (χ1) is 8.01. The van der Waals surface area contributed by atoms with Gasteiger partial charge in [0.25, 0.3) is 0 Å². The molecule has 0 spiro atoms. The second-order valence-electron chi connectivity index (χ2n) is 4.97. The largest absolute Gasteiger partial charge is 0.493 e. The summed E-state index contributed by atoms with van der Waals surface area (Å²) in [5.74, 6) is 1.35. The third-order valence-electron chi connectivity index (χ3n) is 3.12. The number of aliphatic hydroxyl groups is 1. The summed E-state index contributed by atoms with van der Waals surface area (Å²) < 4.78 is 5.68. The van der Waals surface area contributed by atoms with Crippen molar-refractivity contribution in [1.82, 2.24) is 0 Å². The molecule has 0 unspecified atom stereocenters. The van der Waals surface area contributed by atoms with E-state index in [0.29, 0.717) is 12.5 Å². The van der Waals surface area contributed by atoms with E-state index < -0.39 is 5.60 Å². The molecular weight excluding hydrogens is 212 g/mol. The average Bonchev–Trinajstić information content (AvgIpc) is 2.35. The number of ether oxygens (including phenoxy) is 1. The quantitative estimate of drug-likeness (QED) is 0.815. The molecular formula is C15H24O2. The van der Waals surface area contributed by atoms with Crippen LogP contribution in [0.5, 0.6) is 5.75 Å². The molecule has 0 bridgehead atoms. The van der Waals surface area contributed by atoms with Crippen molar-refractivity contribution < 1.29 is 9.84 Å². The molecule has 96 valence electrons. The zero-order chi connectivity index (χ0) is 12.9. The fourth-order valence-corrected chi connectivity index (χ4v) is 1.80. The molecule has 2 nitrogen and oxygen atoms in total. The molecule has 0 aliphatic carbocycles. The molecule has 0 atom stereocenters. The van der Waals surface area contributed by atoms with Crippen LogP contribution >= 0.6 is 0 Å². The van der Waals surface area contributed by atoms with Gasteiger partial charge in [0.1, 0.15) is 5.75 Å². The zero-order valence-electron chi connectivity index (χ0n) is 11.4. The van der Waals surface area contributed by atoms with Crippen molar-refractivity contribution in [3.63, 3.8) is 0 Å². The van der Waals surface area contributed by atoms with Gasteiger partial charge >= 0.3 is 0 Å². The number of hydrogen-bond donors (Lipinski definition) is 1. The van der Waals surface area contributed by atoms with E-state index in [-0.39, 0.29) is 0 Å². The van der Waals surface area contributed by atoms with Crippen molar-refractivity contribution in [1.29, 1.82) is 0 Å². The lowest BCUT2D eigenvalue weighted by Gasteiger charge is -2.26. The third-order valence-corrected chi connectivity index (χ3v) is 3.12. The molecule has 0 heterocycles. The van der Waals surface area contributed by atoms with Crippen LogP contribution in [0.15, 0.2) is 24.3 Å². The van der Waals surface area contributed by atoms with E-state index in [1.165, 1.54) is 0 Å². The molecule has 1 aromatic carbocycles. The van der Waals surface area contributed by atoms with Gasteiger partial charge in [-0.15, -0.1) is 0 Å². The molecule has 0 saturated carbocycles. The molecule has 0 radical (unpaired) electrons. The first-order valence-corrected chi connectivity index (χ1v) is 6.47. The molecule has 0 amide bonds. The SMILES string of the molecule is CCC(O)(CC)c1cccc(OCC(C)C)c1. The first-order valence-electron chi connectivity index (χ1n) is 6.47. The van der Waals surface area contributed by atoms with Crippen LogP contribution < -0.4 is 4.74 Å². The highest BCUT2D eigenvalue weighted by atomic mass is 16.5. The van der Waals surface area contributed by atoms with E-state index in [9.17, 15) is 5.11 Å². The maximum absolute atomic E-state index is 10.4. The minimum absolute atomic E-state index is 0.509. The standard InChI is InChI=1S/C15H24O2/c1-5-15(16,6-2)13-8-7-9-14(10-13)17-11-12(3)4/h7-10,12,16H,5-6,11H2,1-4H3. The van der Waals surface area contributed by atoms with E-state index >= 15 is 0 Å². The lowest BCUT2D eigenvalue weighted by Crippen LogP contribution is -2.23. The maximum Gasteiger partial charge on any atom is 0.119 e. The summed E-state index contributed by atoms with van der Waals surface area (Å²) in [4.78, 5) is 0. The Kier molecular flexibility index (Phi) is 5.01. The molecule has 1 N–H and O–H groups in total. The van der Waals surface area contributed by atoms with Crippen molar-refractivity contribution in [2.75, 3.05) is 6.61 Å². The highest BCUT2D eigenvalue weighted by molar-refractivity contribution is 5.32. The van der Waals surface area contributed by atoms with Crippen LogP contribution in [0.1, 0.15) is 46.1 Å². The predicted molar refractivity (Wildman–Crippen MR) is 71.3 cm³/mol. The van der Waals surface area contributed by atoms with Crippen LogP contribution in [0.4, 0.5) is 0 Å². The predicted octanol–water partition coefficient (Wildman–Crippen LogP) is 3.73. The second-order valence-corrected chi connectivity index (χ2v) is 4.97. The maximum atomic E-state index is 10.4. The van der Waals surface area contributed by atoms with Crippen LogP contribution in [0, 0.1) is 5.92 Å². The second kappa shape index (κ2) is 6.06. The number of benzene rings is 1. The highest BCUT2D eigenvalue weighted by Crippen LogP contribution is 2.30. The van der Waals surface area contributed by atoms with E-state index in [1.54, 1.807) is 0 Å². The zero-order valence-corrected chi connectivity index (χ0v) is 11.4. The highest BCUT2D eigenvalue weighted by Gasteiger charge is 2.24. The van der Waals surface area contributed by atoms with Gasteiger partial charge in [-0.1, -0.05) is 39.8 Å². The van der Waals surface area contributed by atoms with Crippen molar-refractivity contribution in [2.45, 2.75) is 46.1 Å². The molecule has 2 heteroatoms. The Morgan fingerprint density at radius 3 is 2.41 bits per heavy atom. The summed E-state index contributed by atoms with van der Waals surface area (Å²) in [6, 6.07) is 7.81. The van der Waals surface area contributed by atoms with E-state index in [2.05, 4.69) is 13.8 Å². The fourth-order valence-electron chi connectivity index (χ4n) is 1.80. The van der Waals surface area contributed by atoms with Gasteiger partial charge in [-0.3, -0.25) is 0 Å². The topological polar surface area (TPSA) is 29.5 Å². The van der Waals surface area contributed by atoms with Crippen molar-refractivity contribution in [3.8, 4) is 5.75 Å². The van der Waals surface area contributed by atoms with Crippen LogP contribution in [0.3, 0.4) is 0 Å². The van der Waals surface area contributed by atoms with E-state index in [1.807, 2.05) is 38.1 Å². The summed E-state index contributed by atoms with van der Waals surface area (Å²) in [7, 11) is 0. The van der Waals surface area contributed by atoms with Gasteiger partial charge in [-0.2, -0.15) is 0 Å². The Balaban J connectivity index is 2.85. The van der Waals surface area contributed by atoms with Crippen LogP contribution in [0.2, 0.25) is 0 Å². The summed E-state index contributed by atoms with van der Waals surface area (Å²) in [5.41, 5.74) is 0.223. The number of hydrogen-bond acceptors (Lipinski definition) is 2. The Hall–Kier alpha value is -1.02. The molecule has 0 fully saturated rings. The van der Waals surface area contributed by atoms with Gasteiger partial charge in [0.05, 0.1) is 12.2 Å². The Morgan fingerprint density at radius 1 is 1.24 bits per heavy atom. The molecule has 1 rings (SSSR count). The normalized spacial score (nSPS) is 11.9. The molecule has 0 aliphatic rings. The summed E-state index contributed by atoms with van der Waals surface area (Å²) in [5, 5.41) is 10.4.